The van der Waals surface area contributed by atoms with Crippen LogP contribution in [0.3, 0.4) is 0 Å². The first kappa shape index (κ1) is 29.8. The van der Waals surface area contributed by atoms with Crippen molar-refractivity contribution in [2.24, 2.45) is 0 Å². The van der Waals surface area contributed by atoms with Crippen molar-refractivity contribution in [3.63, 3.8) is 0 Å². The first-order valence-electron chi connectivity index (χ1n) is 16.4. The quantitative estimate of drug-likeness (QED) is 0.161. The van der Waals surface area contributed by atoms with Crippen molar-refractivity contribution < 1.29 is 0 Å². The van der Waals surface area contributed by atoms with E-state index >= 15 is 0 Å². The second-order valence-electron chi connectivity index (χ2n) is 11.7. The Morgan fingerprint density at radius 1 is 0.489 bits per heavy atom. The summed E-state index contributed by atoms with van der Waals surface area (Å²) in [5.74, 6) is 0. The molecule has 0 aliphatic rings. The predicted octanol–water partition coefficient (Wildman–Crippen LogP) is 12.9. The molecule has 0 bridgehead atoms. The third kappa shape index (κ3) is 6.19. The maximum atomic E-state index is 2.38. The van der Waals surface area contributed by atoms with Crippen molar-refractivity contribution in [3.05, 3.63) is 193 Å². The van der Waals surface area contributed by atoms with E-state index in [2.05, 4.69) is 206 Å². The topological polar surface area (TPSA) is 6.48 Å². The molecule has 0 saturated heterocycles. The highest BCUT2D eigenvalue weighted by atomic mass is 15.2. The molecular formula is C45H38N2. The molecule has 228 valence electrons. The van der Waals surface area contributed by atoms with Crippen LogP contribution in [0.5, 0.6) is 0 Å². The molecule has 7 rings (SSSR count). The number of fused-ring (bicyclic) bond motifs is 1. The molecule has 0 unspecified atom stereocenters. The molecule has 47 heavy (non-hydrogen) atoms. The molecule has 0 aromatic heterocycles. The average molecular weight is 607 g/mol. The molecule has 0 N–H and O–H groups in total. The molecule has 7 aromatic rings. The van der Waals surface area contributed by atoms with Gasteiger partial charge in [-0.05, 0) is 90.0 Å². The number of para-hydroxylation sites is 2. The lowest BCUT2D eigenvalue weighted by molar-refractivity contribution is 1.19. The fraction of sp³-hybridized carbons (Fsp3) is 0.0667. The van der Waals surface area contributed by atoms with Crippen LogP contribution in [0, 0.1) is 6.92 Å². The fourth-order valence-electron chi connectivity index (χ4n) is 6.39. The van der Waals surface area contributed by atoms with E-state index in [1.165, 1.54) is 38.7 Å². The minimum absolute atomic E-state index is 0.941. The number of aryl methyl sites for hydroxylation is 1. The van der Waals surface area contributed by atoms with Crippen LogP contribution in [0.4, 0.5) is 28.4 Å². The van der Waals surface area contributed by atoms with Crippen molar-refractivity contribution >= 4 is 44.9 Å². The van der Waals surface area contributed by atoms with Crippen molar-refractivity contribution in [1.82, 2.24) is 0 Å². The van der Waals surface area contributed by atoms with Crippen molar-refractivity contribution in [2.45, 2.75) is 20.3 Å². The van der Waals surface area contributed by atoms with Gasteiger partial charge in [-0.15, -0.1) is 0 Å². The van der Waals surface area contributed by atoms with Gasteiger partial charge in [-0.25, -0.2) is 0 Å². The first-order valence-corrected chi connectivity index (χ1v) is 16.4. The number of hydrogen-bond acceptors (Lipinski definition) is 2. The van der Waals surface area contributed by atoms with Crippen molar-refractivity contribution in [2.75, 3.05) is 9.80 Å². The van der Waals surface area contributed by atoms with Crippen LogP contribution in [-0.4, -0.2) is 0 Å². The summed E-state index contributed by atoms with van der Waals surface area (Å²) in [4.78, 5) is 4.72. The van der Waals surface area contributed by atoms with Gasteiger partial charge >= 0.3 is 0 Å². The summed E-state index contributed by atoms with van der Waals surface area (Å²) in [6.45, 7) is 4.39. The lowest BCUT2D eigenvalue weighted by atomic mass is 10.0. The molecule has 0 spiro atoms. The van der Waals surface area contributed by atoms with Gasteiger partial charge in [0, 0.05) is 39.4 Å². The Bertz CT molecular complexity index is 2110. The second-order valence-corrected chi connectivity index (χ2v) is 11.7. The molecule has 0 heterocycles. The van der Waals surface area contributed by atoms with E-state index in [0.717, 1.165) is 34.9 Å². The van der Waals surface area contributed by atoms with E-state index in [0.29, 0.717) is 0 Å². The fourth-order valence-corrected chi connectivity index (χ4v) is 6.39. The summed E-state index contributed by atoms with van der Waals surface area (Å²) >= 11 is 0. The van der Waals surface area contributed by atoms with E-state index in [1.54, 1.807) is 0 Å². The summed E-state index contributed by atoms with van der Waals surface area (Å²) in [5.41, 5.74) is 11.8. The van der Waals surface area contributed by atoms with Gasteiger partial charge < -0.3 is 9.80 Å². The van der Waals surface area contributed by atoms with Crippen LogP contribution in [-0.2, 0) is 0 Å². The largest absolute Gasteiger partial charge is 0.310 e. The van der Waals surface area contributed by atoms with Gasteiger partial charge in [0.25, 0.3) is 0 Å². The van der Waals surface area contributed by atoms with Gasteiger partial charge in [-0.3, -0.25) is 0 Å². The zero-order chi connectivity index (χ0) is 32.0. The van der Waals surface area contributed by atoms with Crippen LogP contribution in [0.15, 0.2) is 182 Å². The van der Waals surface area contributed by atoms with Gasteiger partial charge in [-0.2, -0.15) is 0 Å². The van der Waals surface area contributed by atoms with E-state index in [1.807, 2.05) is 0 Å². The zero-order valence-corrected chi connectivity index (χ0v) is 26.9. The predicted molar refractivity (Wildman–Crippen MR) is 202 cm³/mol. The standard InChI is InChI=1S/C45H38N2/c1-3-15-44(42-23-12-10-16-34(42)2)46(38-19-6-4-7-20-38)40-30-26-35(27-31-40)36-28-32-41(33-29-36)47(39-21-8-5-9-22-39)45-25-14-18-37-17-11-13-24-43(37)45/h4-33H,3H2,1-2H3. The maximum absolute atomic E-state index is 2.38. The monoisotopic (exact) mass is 606 g/mol. The number of anilines is 5. The molecule has 0 fully saturated rings. The van der Waals surface area contributed by atoms with Gasteiger partial charge in [0.05, 0.1) is 5.69 Å². The highest BCUT2D eigenvalue weighted by molar-refractivity contribution is 5.99. The first-order chi connectivity index (χ1) is 23.2. The molecule has 7 aromatic carbocycles. The van der Waals surface area contributed by atoms with Gasteiger partial charge in [0.15, 0.2) is 0 Å². The van der Waals surface area contributed by atoms with Crippen molar-refractivity contribution in [1.29, 1.82) is 0 Å². The van der Waals surface area contributed by atoms with E-state index < -0.39 is 0 Å². The average Bonchev–Trinajstić information content (AvgIpc) is 3.13. The minimum atomic E-state index is 0.941. The van der Waals surface area contributed by atoms with Gasteiger partial charge in [0.1, 0.15) is 0 Å². The van der Waals surface area contributed by atoms with E-state index in [-0.39, 0.29) is 0 Å². The molecule has 0 amide bonds. The number of allylic oxidation sites excluding steroid dienone is 1. The molecule has 0 aliphatic carbocycles. The van der Waals surface area contributed by atoms with Gasteiger partial charge in [0.2, 0.25) is 0 Å². The number of rotatable bonds is 9. The molecule has 0 radical (unpaired) electrons. The number of nitrogens with zero attached hydrogens (tertiary/aromatic N) is 2. The van der Waals surface area contributed by atoms with Crippen LogP contribution in [0.2, 0.25) is 0 Å². The summed E-state index contributed by atoms with van der Waals surface area (Å²) in [6.07, 6.45) is 3.27. The molecule has 0 aliphatic heterocycles. The Labute approximate surface area is 278 Å². The maximum Gasteiger partial charge on any atom is 0.0540 e. The third-order valence-electron chi connectivity index (χ3n) is 8.68. The van der Waals surface area contributed by atoms with Crippen molar-refractivity contribution in [3.8, 4) is 11.1 Å². The van der Waals surface area contributed by atoms with Crippen LogP contribution in [0.25, 0.3) is 27.6 Å². The van der Waals surface area contributed by atoms with E-state index in [4.69, 9.17) is 0 Å². The van der Waals surface area contributed by atoms with Crippen LogP contribution < -0.4 is 9.80 Å². The Morgan fingerprint density at radius 2 is 1.00 bits per heavy atom. The molecule has 0 saturated carbocycles. The highest BCUT2D eigenvalue weighted by Crippen LogP contribution is 2.40. The number of hydrogen-bond donors (Lipinski definition) is 0. The van der Waals surface area contributed by atoms with E-state index in [9.17, 15) is 0 Å². The van der Waals surface area contributed by atoms with Crippen LogP contribution in [0.1, 0.15) is 24.5 Å². The zero-order valence-electron chi connectivity index (χ0n) is 26.9. The van der Waals surface area contributed by atoms with Crippen LogP contribution >= 0.6 is 0 Å². The molecule has 2 heteroatoms. The Hall–Kier alpha value is -5.86. The Kier molecular flexibility index (Phi) is 8.66. The Balaban J connectivity index is 1.25. The minimum Gasteiger partial charge on any atom is -0.310 e. The lowest BCUT2D eigenvalue weighted by Gasteiger charge is -2.29. The summed E-state index contributed by atoms with van der Waals surface area (Å²) in [6, 6.07) is 62.9. The molecule has 2 nitrogen and oxygen atoms in total. The Morgan fingerprint density at radius 3 is 1.66 bits per heavy atom. The highest BCUT2D eigenvalue weighted by Gasteiger charge is 2.18. The smallest absolute Gasteiger partial charge is 0.0540 e. The third-order valence-corrected chi connectivity index (χ3v) is 8.68. The second kappa shape index (κ2) is 13.6. The summed E-state index contributed by atoms with van der Waals surface area (Å²) in [5, 5.41) is 2.45. The normalized spacial score (nSPS) is 11.4. The summed E-state index contributed by atoms with van der Waals surface area (Å²) < 4.78 is 0. The van der Waals surface area contributed by atoms with Gasteiger partial charge in [-0.1, -0.05) is 134 Å². The summed E-state index contributed by atoms with van der Waals surface area (Å²) in [7, 11) is 0. The molecule has 0 atom stereocenters. The molecular weight excluding hydrogens is 569 g/mol. The SMILES string of the molecule is CCC=C(c1ccccc1C)N(c1ccccc1)c1ccc(-c2ccc(N(c3ccccc3)c3cccc4ccccc34)cc2)cc1. The number of benzene rings is 7. The lowest BCUT2D eigenvalue weighted by Crippen LogP contribution is -2.16.